The predicted molar refractivity (Wildman–Crippen MR) is 85.7 cm³/mol. The zero-order valence-electron chi connectivity index (χ0n) is 13.0. The Balaban J connectivity index is 1.99. The minimum Gasteiger partial charge on any atom is -0.469 e. The molecule has 2 N–H and O–H groups in total. The summed E-state index contributed by atoms with van der Waals surface area (Å²) in [4.78, 5) is 8.71. The molecule has 0 fully saturated rings. The third-order valence-corrected chi connectivity index (χ3v) is 3.43. The second kappa shape index (κ2) is 7.67. The molecule has 2 rings (SSSR count). The lowest BCUT2D eigenvalue weighted by molar-refractivity contribution is 0.494. The van der Waals surface area contributed by atoms with Gasteiger partial charge >= 0.3 is 0 Å². The summed E-state index contributed by atoms with van der Waals surface area (Å²) < 4.78 is 5.37. The molecule has 0 aliphatic heterocycles. The fourth-order valence-electron chi connectivity index (χ4n) is 2.31. The Morgan fingerprint density at radius 2 is 2.05 bits per heavy atom. The molecule has 2 aromatic rings. The molecule has 21 heavy (non-hydrogen) atoms. The van der Waals surface area contributed by atoms with Crippen molar-refractivity contribution in [1.82, 2.24) is 9.97 Å². The number of anilines is 2. The lowest BCUT2D eigenvalue weighted by Crippen LogP contribution is -2.19. The first kappa shape index (κ1) is 15.4. The van der Waals surface area contributed by atoms with Crippen molar-refractivity contribution < 1.29 is 4.42 Å². The summed E-state index contributed by atoms with van der Waals surface area (Å²) >= 11 is 0. The Kier molecular flexibility index (Phi) is 5.60. The van der Waals surface area contributed by atoms with Crippen LogP contribution in [-0.2, 0) is 12.8 Å². The minimum absolute atomic E-state index is 0.324. The number of aromatic nitrogens is 2. The van der Waals surface area contributed by atoms with E-state index in [1.54, 1.807) is 12.6 Å². The smallest absolute Gasteiger partial charge is 0.134 e. The molecule has 0 aromatic carbocycles. The van der Waals surface area contributed by atoms with Gasteiger partial charge in [0.2, 0.25) is 0 Å². The monoisotopic (exact) mass is 288 g/mol. The second-order valence-corrected chi connectivity index (χ2v) is 5.10. The molecule has 2 aromatic heterocycles. The first-order valence-electron chi connectivity index (χ1n) is 7.61. The quantitative estimate of drug-likeness (QED) is 0.778. The maximum atomic E-state index is 5.37. The van der Waals surface area contributed by atoms with Gasteiger partial charge in [0, 0.05) is 24.6 Å². The zero-order chi connectivity index (χ0) is 15.1. The van der Waals surface area contributed by atoms with Crippen LogP contribution in [0.2, 0.25) is 0 Å². The van der Waals surface area contributed by atoms with E-state index in [0.717, 1.165) is 48.8 Å². The van der Waals surface area contributed by atoms with E-state index in [4.69, 9.17) is 4.42 Å². The van der Waals surface area contributed by atoms with E-state index in [0.29, 0.717) is 6.04 Å². The summed E-state index contributed by atoms with van der Waals surface area (Å²) in [6, 6.07) is 4.26. The summed E-state index contributed by atoms with van der Waals surface area (Å²) in [5, 5.41) is 6.78. The van der Waals surface area contributed by atoms with E-state index < -0.39 is 0 Å². The molecule has 0 spiro atoms. The fourth-order valence-corrected chi connectivity index (χ4v) is 2.31. The SMILES string of the molecule is CCNc1ncnc(NC(C)CCc2ccco2)c1CC. The van der Waals surface area contributed by atoms with E-state index >= 15 is 0 Å². The lowest BCUT2D eigenvalue weighted by atomic mass is 10.1. The average Bonchev–Trinajstić information content (AvgIpc) is 2.99. The maximum Gasteiger partial charge on any atom is 0.134 e. The van der Waals surface area contributed by atoms with Gasteiger partial charge in [-0.15, -0.1) is 0 Å². The molecule has 0 aliphatic carbocycles. The van der Waals surface area contributed by atoms with Crippen molar-refractivity contribution in [2.75, 3.05) is 17.2 Å². The molecule has 1 atom stereocenters. The van der Waals surface area contributed by atoms with Crippen LogP contribution in [0.15, 0.2) is 29.1 Å². The first-order valence-corrected chi connectivity index (χ1v) is 7.61. The minimum atomic E-state index is 0.324. The van der Waals surface area contributed by atoms with Gasteiger partial charge in [-0.25, -0.2) is 9.97 Å². The number of rotatable bonds is 8. The second-order valence-electron chi connectivity index (χ2n) is 5.10. The van der Waals surface area contributed by atoms with Crippen LogP contribution in [0.25, 0.3) is 0 Å². The Hall–Kier alpha value is -2.04. The topological polar surface area (TPSA) is 63.0 Å². The number of aryl methyl sites for hydroxylation is 1. The van der Waals surface area contributed by atoms with Crippen LogP contribution in [0.1, 0.15) is 38.5 Å². The van der Waals surface area contributed by atoms with E-state index in [1.165, 1.54) is 0 Å². The van der Waals surface area contributed by atoms with Crippen molar-refractivity contribution in [1.29, 1.82) is 0 Å². The summed E-state index contributed by atoms with van der Waals surface area (Å²) in [6.07, 6.45) is 6.15. The molecule has 0 bridgehead atoms. The molecule has 0 saturated heterocycles. The van der Waals surface area contributed by atoms with E-state index in [-0.39, 0.29) is 0 Å². The molecule has 114 valence electrons. The summed E-state index contributed by atoms with van der Waals surface area (Å²) in [5.41, 5.74) is 1.14. The highest BCUT2D eigenvalue weighted by atomic mass is 16.3. The van der Waals surface area contributed by atoms with Gasteiger partial charge in [-0.05, 0) is 38.8 Å². The van der Waals surface area contributed by atoms with E-state index in [9.17, 15) is 0 Å². The first-order chi connectivity index (χ1) is 10.2. The van der Waals surface area contributed by atoms with Crippen LogP contribution in [0.5, 0.6) is 0 Å². The van der Waals surface area contributed by atoms with Crippen molar-refractivity contribution in [3.05, 3.63) is 36.0 Å². The Morgan fingerprint density at radius 1 is 1.24 bits per heavy atom. The van der Waals surface area contributed by atoms with Crippen molar-refractivity contribution in [2.24, 2.45) is 0 Å². The molecule has 1 unspecified atom stereocenters. The van der Waals surface area contributed by atoms with Crippen molar-refractivity contribution in [3.8, 4) is 0 Å². The molecule has 5 nitrogen and oxygen atoms in total. The van der Waals surface area contributed by atoms with Gasteiger partial charge in [-0.2, -0.15) is 0 Å². The number of hydrogen-bond donors (Lipinski definition) is 2. The van der Waals surface area contributed by atoms with E-state index in [2.05, 4.69) is 41.4 Å². The van der Waals surface area contributed by atoms with Crippen molar-refractivity contribution >= 4 is 11.6 Å². The van der Waals surface area contributed by atoms with Crippen LogP contribution in [0, 0.1) is 0 Å². The van der Waals surface area contributed by atoms with Crippen LogP contribution in [-0.4, -0.2) is 22.6 Å². The zero-order valence-corrected chi connectivity index (χ0v) is 13.0. The van der Waals surface area contributed by atoms with Gasteiger partial charge in [-0.1, -0.05) is 6.92 Å². The molecule has 2 heterocycles. The summed E-state index contributed by atoms with van der Waals surface area (Å²) in [6.45, 7) is 7.22. The molecule has 0 aliphatic rings. The Bertz CT molecular complexity index is 539. The van der Waals surface area contributed by atoms with Crippen molar-refractivity contribution in [2.45, 2.75) is 46.1 Å². The Morgan fingerprint density at radius 3 is 2.71 bits per heavy atom. The average molecular weight is 288 g/mol. The maximum absolute atomic E-state index is 5.37. The number of nitrogens with one attached hydrogen (secondary N) is 2. The molecule has 0 saturated carbocycles. The number of furan rings is 1. The molecule has 0 amide bonds. The Labute approximate surface area is 126 Å². The molecule has 0 radical (unpaired) electrons. The van der Waals surface area contributed by atoms with Gasteiger partial charge in [0.05, 0.1) is 6.26 Å². The third-order valence-electron chi connectivity index (χ3n) is 3.43. The van der Waals surface area contributed by atoms with Gasteiger partial charge in [0.1, 0.15) is 23.7 Å². The normalized spacial score (nSPS) is 12.1. The molecular formula is C16H24N4O. The highest BCUT2D eigenvalue weighted by Crippen LogP contribution is 2.21. The van der Waals surface area contributed by atoms with Crippen LogP contribution < -0.4 is 10.6 Å². The number of hydrogen-bond acceptors (Lipinski definition) is 5. The molecule has 5 heteroatoms. The predicted octanol–water partition coefficient (Wildman–Crippen LogP) is 3.50. The highest BCUT2D eigenvalue weighted by Gasteiger charge is 2.12. The fraction of sp³-hybridized carbons (Fsp3) is 0.500. The number of nitrogens with zero attached hydrogens (tertiary/aromatic N) is 2. The summed E-state index contributed by atoms with van der Waals surface area (Å²) in [5.74, 6) is 2.88. The lowest BCUT2D eigenvalue weighted by Gasteiger charge is -2.18. The van der Waals surface area contributed by atoms with Crippen LogP contribution in [0.3, 0.4) is 0 Å². The highest BCUT2D eigenvalue weighted by molar-refractivity contribution is 5.57. The van der Waals surface area contributed by atoms with Gasteiger partial charge < -0.3 is 15.1 Å². The van der Waals surface area contributed by atoms with Gasteiger partial charge in [-0.3, -0.25) is 0 Å². The van der Waals surface area contributed by atoms with Crippen LogP contribution in [0.4, 0.5) is 11.6 Å². The van der Waals surface area contributed by atoms with Crippen molar-refractivity contribution in [3.63, 3.8) is 0 Å². The molecular weight excluding hydrogens is 264 g/mol. The van der Waals surface area contributed by atoms with Crippen LogP contribution >= 0.6 is 0 Å². The third kappa shape index (κ3) is 4.21. The summed E-state index contributed by atoms with van der Waals surface area (Å²) in [7, 11) is 0. The van der Waals surface area contributed by atoms with Gasteiger partial charge in [0.25, 0.3) is 0 Å². The standard InChI is InChI=1S/C16H24N4O/c1-4-14-15(17-5-2)18-11-19-16(14)20-12(3)8-9-13-7-6-10-21-13/h6-7,10-12H,4-5,8-9H2,1-3H3,(H2,17,18,19,20). The van der Waals surface area contributed by atoms with E-state index in [1.807, 2.05) is 12.1 Å². The largest absolute Gasteiger partial charge is 0.469 e. The van der Waals surface area contributed by atoms with Gasteiger partial charge in [0.15, 0.2) is 0 Å².